The molecule has 0 saturated heterocycles. The Morgan fingerprint density at radius 2 is 1.96 bits per heavy atom. The molecule has 0 spiro atoms. The first-order chi connectivity index (χ1) is 13.6. The van der Waals surface area contributed by atoms with E-state index in [1.54, 1.807) is 30.5 Å². The summed E-state index contributed by atoms with van der Waals surface area (Å²) in [6.45, 7) is 0.257. The number of nitrogens with one attached hydrogen (secondary N) is 1. The summed E-state index contributed by atoms with van der Waals surface area (Å²) in [6, 6.07) is 18.2. The van der Waals surface area contributed by atoms with Gasteiger partial charge in [-0.2, -0.15) is 0 Å². The lowest BCUT2D eigenvalue weighted by atomic mass is 10.0. The van der Waals surface area contributed by atoms with Crippen molar-refractivity contribution in [3.05, 3.63) is 88.7 Å². The fraction of sp³-hybridized carbons (Fsp3) is 0.0909. The molecule has 0 bridgehead atoms. The van der Waals surface area contributed by atoms with Gasteiger partial charge in [-0.3, -0.25) is 4.79 Å². The maximum atomic E-state index is 14.2. The molecule has 4 aromatic rings. The number of anilines is 2. The van der Waals surface area contributed by atoms with Crippen molar-refractivity contribution in [2.75, 3.05) is 11.1 Å². The summed E-state index contributed by atoms with van der Waals surface area (Å²) in [5, 5.41) is 4.15. The van der Waals surface area contributed by atoms with Crippen molar-refractivity contribution in [1.82, 2.24) is 4.98 Å². The first-order valence-corrected chi connectivity index (χ1v) is 9.65. The number of fused-ring (bicyclic) bond motifs is 1. The minimum absolute atomic E-state index is 0.0308. The molecular weight excluding hydrogens is 373 g/mol. The highest BCUT2D eigenvalue weighted by Crippen LogP contribution is 2.26. The van der Waals surface area contributed by atoms with Gasteiger partial charge in [-0.25, -0.2) is 9.37 Å². The van der Waals surface area contributed by atoms with E-state index < -0.39 is 0 Å². The van der Waals surface area contributed by atoms with Gasteiger partial charge < -0.3 is 11.1 Å². The Morgan fingerprint density at radius 3 is 2.79 bits per heavy atom. The van der Waals surface area contributed by atoms with Gasteiger partial charge in [0, 0.05) is 29.4 Å². The smallest absolute Gasteiger partial charge is 0.177 e. The Morgan fingerprint density at radius 1 is 1.11 bits per heavy atom. The van der Waals surface area contributed by atoms with Crippen molar-refractivity contribution in [1.29, 1.82) is 0 Å². The van der Waals surface area contributed by atoms with Gasteiger partial charge in [-0.15, -0.1) is 11.3 Å². The van der Waals surface area contributed by atoms with Crippen molar-refractivity contribution >= 4 is 38.7 Å². The van der Waals surface area contributed by atoms with E-state index in [1.165, 1.54) is 17.4 Å². The molecule has 2 heterocycles. The van der Waals surface area contributed by atoms with E-state index in [9.17, 15) is 9.18 Å². The van der Waals surface area contributed by atoms with Crippen LogP contribution in [-0.2, 0) is 13.0 Å². The fourth-order valence-corrected chi connectivity index (χ4v) is 4.02. The van der Waals surface area contributed by atoms with Crippen LogP contribution in [0.1, 0.15) is 20.8 Å². The van der Waals surface area contributed by atoms with E-state index >= 15 is 0 Å². The molecule has 0 aliphatic carbocycles. The predicted octanol–water partition coefficient (Wildman–Crippen LogP) is 5.06. The SMILES string of the molecule is Nc1ncccc1NCc1cc(CC(=O)c2cc3ccccc3s2)ccc1F. The van der Waals surface area contributed by atoms with Crippen molar-refractivity contribution in [3.8, 4) is 0 Å². The number of carbonyl (C=O) groups is 1. The number of Topliss-reactive ketones (excluding diaryl/α,β-unsaturated/α-hetero) is 1. The molecule has 4 rings (SSSR count). The van der Waals surface area contributed by atoms with Gasteiger partial charge in [0.2, 0.25) is 0 Å². The second-order valence-corrected chi connectivity index (χ2v) is 7.55. The lowest BCUT2D eigenvalue weighted by Gasteiger charge is -2.10. The molecule has 0 saturated carbocycles. The fourth-order valence-electron chi connectivity index (χ4n) is 3.02. The molecule has 0 fully saturated rings. The van der Waals surface area contributed by atoms with Crippen LogP contribution in [0.2, 0.25) is 0 Å². The van der Waals surface area contributed by atoms with E-state index in [0.29, 0.717) is 21.9 Å². The number of hydrogen-bond donors (Lipinski definition) is 2. The van der Waals surface area contributed by atoms with Crippen LogP contribution in [-0.4, -0.2) is 10.8 Å². The van der Waals surface area contributed by atoms with Gasteiger partial charge in [0.1, 0.15) is 11.6 Å². The maximum Gasteiger partial charge on any atom is 0.177 e. The lowest BCUT2D eigenvalue weighted by molar-refractivity contribution is 0.0997. The molecule has 4 nitrogen and oxygen atoms in total. The van der Waals surface area contributed by atoms with E-state index in [4.69, 9.17) is 5.73 Å². The molecule has 0 atom stereocenters. The molecule has 0 unspecified atom stereocenters. The second-order valence-electron chi connectivity index (χ2n) is 6.46. The zero-order valence-electron chi connectivity index (χ0n) is 15.0. The number of hydrogen-bond acceptors (Lipinski definition) is 5. The van der Waals surface area contributed by atoms with Crippen LogP contribution in [0.3, 0.4) is 0 Å². The number of rotatable bonds is 6. The van der Waals surface area contributed by atoms with Crippen LogP contribution in [0.15, 0.2) is 66.9 Å². The minimum Gasteiger partial charge on any atom is -0.382 e. The summed E-state index contributed by atoms with van der Waals surface area (Å²) in [5.41, 5.74) is 7.71. The first-order valence-electron chi connectivity index (χ1n) is 8.83. The summed E-state index contributed by atoms with van der Waals surface area (Å²) in [6.07, 6.45) is 1.83. The molecular formula is C22H18FN3OS. The summed E-state index contributed by atoms with van der Waals surface area (Å²) in [5.74, 6) is 0.0650. The number of thiophene rings is 1. The largest absolute Gasteiger partial charge is 0.382 e. The predicted molar refractivity (Wildman–Crippen MR) is 112 cm³/mol. The summed E-state index contributed by atoms with van der Waals surface area (Å²) in [4.78, 5) is 17.4. The molecule has 0 amide bonds. The monoisotopic (exact) mass is 391 g/mol. The van der Waals surface area contributed by atoms with Crippen LogP contribution >= 0.6 is 11.3 Å². The molecule has 140 valence electrons. The standard InChI is InChI=1S/C22H18FN3OS/c23-17-8-7-14(10-16(17)13-26-18-5-3-9-25-22(18)24)11-19(27)21-12-15-4-1-2-6-20(15)28-21/h1-10,12,26H,11,13H2,(H2,24,25). The minimum atomic E-state index is -0.326. The van der Waals surface area contributed by atoms with Gasteiger partial charge in [0.25, 0.3) is 0 Å². The van der Waals surface area contributed by atoms with Gasteiger partial charge >= 0.3 is 0 Å². The highest BCUT2D eigenvalue weighted by atomic mass is 32.1. The Kier molecular flexibility index (Phi) is 5.04. The van der Waals surface area contributed by atoms with Crippen LogP contribution in [0.5, 0.6) is 0 Å². The highest BCUT2D eigenvalue weighted by molar-refractivity contribution is 7.20. The van der Waals surface area contributed by atoms with Crippen molar-refractivity contribution < 1.29 is 9.18 Å². The number of ketones is 1. The second kappa shape index (κ2) is 7.78. The van der Waals surface area contributed by atoms with Gasteiger partial charge in [-0.1, -0.05) is 30.3 Å². The first kappa shape index (κ1) is 18.1. The Labute approximate surface area is 165 Å². The molecule has 6 heteroatoms. The lowest BCUT2D eigenvalue weighted by Crippen LogP contribution is -2.07. The number of aromatic nitrogens is 1. The van der Waals surface area contributed by atoms with E-state index in [-0.39, 0.29) is 24.6 Å². The third-order valence-electron chi connectivity index (χ3n) is 4.48. The number of nitrogen functional groups attached to an aromatic ring is 1. The van der Waals surface area contributed by atoms with E-state index in [1.807, 2.05) is 30.3 Å². The Hall–Kier alpha value is -3.25. The molecule has 28 heavy (non-hydrogen) atoms. The van der Waals surface area contributed by atoms with Crippen molar-refractivity contribution in [2.45, 2.75) is 13.0 Å². The number of benzene rings is 2. The number of nitrogens with zero attached hydrogens (tertiary/aromatic N) is 1. The summed E-state index contributed by atoms with van der Waals surface area (Å²) >= 11 is 1.48. The van der Waals surface area contributed by atoms with Gasteiger partial charge in [0.15, 0.2) is 5.78 Å². The molecule has 2 aromatic carbocycles. The summed E-state index contributed by atoms with van der Waals surface area (Å²) in [7, 11) is 0. The Bertz CT molecular complexity index is 1120. The van der Waals surface area contributed by atoms with Crippen LogP contribution < -0.4 is 11.1 Å². The number of halogens is 1. The van der Waals surface area contributed by atoms with Crippen molar-refractivity contribution in [3.63, 3.8) is 0 Å². The average Bonchev–Trinajstić information content (AvgIpc) is 3.14. The number of nitrogens with two attached hydrogens (primary N) is 1. The molecule has 0 aliphatic rings. The molecule has 0 radical (unpaired) electrons. The Balaban J connectivity index is 1.50. The number of carbonyl (C=O) groups excluding carboxylic acids is 1. The maximum absolute atomic E-state index is 14.2. The van der Waals surface area contributed by atoms with E-state index in [0.717, 1.165) is 15.6 Å². The van der Waals surface area contributed by atoms with Gasteiger partial charge in [0.05, 0.1) is 10.6 Å². The normalized spacial score (nSPS) is 10.9. The third-order valence-corrected chi connectivity index (χ3v) is 5.64. The molecule has 0 aliphatic heterocycles. The van der Waals surface area contributed by atoms with Gasteiger partial charge in [-0.05, 0) is 41.3 Å². The molecule has 3 N–H and O–H groups in total. The molecule has 2 aromatic heterocycles. The zero-order chi connectivity index (χ0) is 19.5. The van der Waals surface area contributed by atoms with Crippen molar-refractivity contribution in [2.24, 2.45) is 0 Å². The van der Waals surface area contributed by atoms with Crippen LogP contribution in [0, 0.1) is 5.82 Å². The highest BCUT2D eigenvalue weighted by Gasteiger charge is 2.13. The van der Waals surface area contributed by atoms with Crippen LogP contribution in [0.4, 0.5) is 15.9 Å². The summed E-state index contributed by atoms with van der Waals surface area (Å²) < 4.78 is 15.3. The van der Waals surface area contributed by atoms with Crippen LogP contribution in [0.25, 0.3) is 10.1 Å². The average molecular weight is 391 g/mol. The zero-order valence-corrected chi connectivity index (χ0v) is 15.8. The van der Waals surface area contributed by atoms with E-state index in [2.05, 4.69) is 10.3 Å². The number of pyridine rings is 1. The topological polar surface area (TPSA) is 68.0 Å². The quantitative estimate of drug-likeness (QED) is 0.451. The third kappa shape index (κ3) is 3.87.